The normalized spacial score (nSPS) is 11.0. The van der Waals surface area contributed by atoms with Gasteiger partial charge in [0.25, 0.3) is 0 Å². The Kier molecular flexibility index (Phi) is 6.34. The topological polar surface area (TPSA) is 144 Å². The van der Waals surface area contributed by atoms with E-state index < -0.39 is 0 Å². The van der Waals surface area contributed by atoms with Crippen molar-refractivity contribution in [2.75, 3.05) is 18.4 Å². The van der Waals surface area contributed by atoms with Gasteiger partial charge in [-0.1, -0.05) is 16.3 Å². The van der Waals surface area contributed by atoms with Crippen LogP contribution in [0.2, 0.25) is 0 Å². The number of benzene rings is 1. The van der Waals surface area contributed by atoms with E-state index in [0.29, 0.717) is 11.0 Å². The standard InChI is InChI=1S/C12H12BrFN8O2/c13-8-5-7(1-2-9(8)14)6-17-11(19-23)10-12(21-24-20-10)16-3-4-18-22-15/h1-2,5,23H,3-4,6H2,(H,16,21)(H,17,19). The molecule has 0 saturated heterocycles. The minimum atomic E-state index is -0.373. The van der Waals surface area contributed by atoms with E-state index in [9.17, 15) is 4.39 Å². The Morgan fingerprint density at radius 3 is 3.00 bits per heavy atom. The molecular formula is C12H12BrFN8O2. The molecule has 0 aliphatic rings. The minimum absolute atomic E-state index is 0.0166. The Morgan fingerprint density at radius 2 is 2.29 bits per heavy atom. The number of hydrogen-bond acceptors (Lipinski definition) is 7. The van der Waals surface area contributed by atoms with Crippen LogP contribution in [-0.2, 0) is 6.54 Å². The first-order valence-corrected chi connectivity index (χ1v) is 7.42. The van der Waals surface area contributed by atoms with Crippen molar-refractivity contribution < 1.29 is 14.2 Å². The van der Waals surface area contributed by atoms with Crippen molar-refractivity contribution >= 4 is 27.6 Å². The predicted octanol–water partition coefficient (Wildman–Crippen LogP) is 2.62. The summed E-state index contributed by atoms with van der Waals surface area (Å²) in [5.41, 5.74) is 9.12. The highest BCUT2D eigenvalue weighted by atomic mass is 79.9. The molecule has 1 heterocycles. The van der Waals surface area contributed by atoms with Gasteiger partial charge in [-0.15, -0.1) is 0 Å². The number of anilines is 1. The van der Waals surface area contributed by atoms with Crippen LogP contribution in [0.3, 0.4) is 0 Å². The number of aromatic nitrogens is 2. The second kappa shape index (κ2) is 8.70. The zero-order chi connectivity index (χ0) is 17.4. The third-order valence-electron chi connectivity index (χ3n) is 2.82. The van der Waals surface area contributed by atoms with Crippen LogP contribution >= 0.6 is 15.9 Å². The lowest BCUT2D eigenvalue weighted by Gasteiger charge is -2.08. The molecule has 0 amide bonds. The van der Waals surface area contributed by atoms with E-state index in [1.807, 2.05) is 0 Å². The summed E-state index contributed by atoms with van der Waals surface area (Å²) in [6.45, 7) is 0.754. The fraction of sp³-hybridized carbons (Fsp3) is 0.250. The SMILES string of the molecule is [N-]=[N+]=NCCNc1nonc1/C(=N/O)NCc1ccc(F)c(Br)c1. The van der Waals surface area contributed by atoms with Crippen LogP contribution in [-0.4, -0.2) is 34.4 Å². The lowest BCUT2D eigenvalue weighted by atomic mass is 10.2. The van der Waals surface area contributed by atoms with Gasteiger partial charge in [0, 0.05) is 24.5 Å². The molecule has 126 valence electrons. The average Bonchev–Trinajstić information content (AvgIpc) is 3.04. The van der Waals surface area contributed by atoms with Crippen molar-refractivity contribution in [1.29, 1.82) is 0 Å². The lowest BCUT2D eigenvalue weighted by Crippen LogP contribution is -2.25. The summed E-state index contributed by atoms with van der Waals surface area (Å²) >= 11 is 3.10. The first-order valence-electron chi connectivity index (χ1n) is 6.63. The quantitative estimate of drug-likeness (QED) is 0.0954. The summed E-state index contributed by atoms with van der Waals surface area (Å²) in [6, 6.07) is 4.50. The number of azide groups is 1. The molecule has 1 aromatic heterocycles. The molecule has 0 unspecified atom stereocenters. The minimum Gasteiger partial charge on any atom is -0.409 e. The lowest BCUT2D eigenvalue weighted by molar-refractivity contribution is 0.303. The van der Waals surface area contributed by atoms with Gasteiger partial charge in [-0.25, -0.2) is 9.02 Å². The van der Waals surface area contributed by atoms with E-state index in [0.717, 1.165) is 5.56 Å². The van der Waals surface area contributed by atoms with Crippen LogP contribution in [0.4, 0.5) is 10.2 Å². The molecule has 0 spiro atoms. The van der Waals surface area contributed by atoms with Crippen molar-refractivity contribution in [2.45, 2.75) is 6.54 Å². The third kappa shape index (κ3) is 4.57. The van der Waals surface area contributed by atoms with Crippen molar-refractivity contribution in [3.63, 3.8) is 0 Å². The maximum atomic E-state index is 13.2. The van der Waals surface area contributed by atoms with Crippen LogP contribution in [0.15, 0.2) is 37.6 Å². The molecule has 10 nitrogen and oxygen atoms in total. The molecule has 0 fully saturated rings. The van der Waals surface area contributed by atoms with Gasteiger partial charge >= 0.3 is 0 Å². The maximum absolute atomic E-state index is 13.2. The summed E-state index contributed by atoms with van der Waals surface area (Å²) in [5.74, 6) is -0.131. The van der Waals surface area contributed by atoms with E-state index in [2.05, 4.69) is 56.7 Å². The summed E-state index contributed by atoms with van der Waals surface area (Å²) in [6.07, 6.45) is 0. The summed E-state index contributed by atoms with van der Waals surface area (Å²) in [4.78, 5) is 2.62. The van der Waals surface area contributed by atoms with Gasteiger partial charge in [0.05, 0.1) is 4.47 Å². The molecule has 0 saturated carbocycles. The van der Waals surface area contributed by atoms with Crippen LogP contribution in [0, 0.1) is 5.82 Å². The van der Waals surface area contributed by atoms with Gasteiger partial charge in [-0.2, -0.15) is 0 Å². The number of halogens is 2. The van der Waals surface area contributed by atoms with Gasteiger partial charge in [-0.3, -0.25) is 0 Å². The van der Waals surface area contributed by atoms with Crippen LogP contribution < -0.4 is 10.6 Å². The zero-order valence-corrected chi connectivity index (χ0v) is 13.7. The third-order valence-corrected chi connectivity index (χ3v) is 3.43. The molecule has 0 radical (unpaired) electrons. The smallest absolute Gasteiger partial charge is 0.202 e. The van der Waals surface area contributed by atoms with Crippen molar-refractivity contribution in [3.8, 4) is 0 Å². The Morgan fingerprint density at radius 1 is 1.46 bits per heavy atom. The Labute approximate surface area is 143 Å². The first-order chi connectivity index (χ1) is 11.7. The Bertz CT molecular complexity index is 774. The number of nitrogens with zero attached hydrogens (tertiary/aromatic N) is 6. The molecule has 12 heteroatoms. The van der Waals surface area contributed by atoms with Gasteiger partial charge in [0.15, 0.2) is 11.5 Å². The summed E-state index contributed by atoms with van der Waals surface area (Å²) in [7, 11) is 0. The highest BCUT2D eigenvalue weighted by molar-refractivity contribution is 9.10. The number of amidine groups is 1. The fourth-order valence-electron chi connectivity index (χ4n) is 1.73. The highest BCUT2D eigenvalue weighted by Crippen LogP contribution is 2.17. The zero-order valence-electron chi connectivity index (χ0n) is 12.1. The van der Waals surface area contributed by atoms with Crippen molar-refractivity contribution in [1.82, 2.24) is 15.6 Å². The maximum Gasteiger partial charge on any atom is 0.202 e. The second-order valence-electron chi connectivity index (χ2n) is 4.39. The van der Waals surface area contributed by atoms with Crippen molar-refractivity contribution in [2.24, 2.45) is 10.3 Å². The molecule has 1 aromatic carbocycles. The fourth-order valence-corrected chi connectivity index (χ4v) is 2.16. The Balaban J connectivity index is 2.02. The van der Waals surface area contributed by atoms with E-state index in [4.69, 9.17) is 10.7 Å². The van der Waals surface area contributed by atoms with E-state index in [-0.39, 0.29) is 36.3 Å². The number of hydrogen-bond donors (Lipinski definition) is 3. The monoisotopic (exact) mass is 398 g/mol. The van der Waals surface area contributed by atoms with Crippen LogP contribution in [0.1, 0.15) is 11.3 Å². The average molecular weight is 399 g/mol. The largest absolute Gasteiger partial charge is 0.409 e. The van der Waals surface area contributed by atoms with E-state index in [1.165, 1.54) is 6.07 Å². The highest BCUT2D eigenvalue weighted by Gasteiger charge is 2.17. The van der Waals surface area contributed by atoms with Crippen molar-refractivity contribution in [3.05, 3.63) is 50.2 Å². The number of rotatable bonds is 7. The summed E-state index contributed by atoms with van der Waals surface area (Å²) in [5, 5.41) is 28.6. The van der Waals surface area contributed by atoms with Gasteiger partial charge in [0.1, 0.15) is 5.82 Å². The Hall–Kier alpha value is -2.85. The van der Waals surface area contributed by atoms with Gasteiger partial charge in [-0.05, 0) is 49.5 Å². The van der Waals surface area contributed by atoms with E-state index >= 15 is 0 Å². The summed E-state index contributed by atoms with van der Waals surface area (Å²) < 4.78 is 18.2. The van der Waals surface area contributed by atoms with Gasteiger partial charge < -0.3 is 15.8 Å². The molecule has 0 aliphatic carbocycles. The molecule has 3 N–H and O–H groups in total. The van der Waals surface area contributed by atoms with Gasteiger partial charge in [0.2, 0.25) is 5.82 Å². The molecule has 0 atom stereocenters. The van der Waals surface area contributed by atoms with E-state index in [1.54, 1.807) is 12.1 Å². The number of nitrogens with one attached hydrogen (secondary N) is 2. The van der Waals surface area contributed by atoms with Crippen LogP contribution in [0.5, 0.6) is 0 Å². The molecular weight excluding hydrogens is 387 g/mol. The van der Waals surface area contributed by atoms with Crippen LogP contribution in [0.25, 0.3) is 10.4 Å². The molecule has 2 rings (SSSR count). The number of oxime groups is 1. The molecule has 0 aliphatic heterocycles. The molecule has 2 aromatic rings. The predicted molar refractivity (Wildman–Crippen MR) is 86.1 cm³/mol. The molecule has 24 heavy (non-hydrogen) atoms. The first kappa shape index (κ1) is 17.5. The molecule has 0 bridgehead atoms. The second-order valence-corrected chi connectivity index (χ2v) is 5.25.